The Bertz CT molecular complexity index is 641. The van der Waals surface area contributed by atoms with Crippen LogP contribution in [0.5, 0.6) is 6.01 Å². The third-order valence-electron chi connectivity index (χ3n) is 3.93. The van der Waals surface area contributed by atoms with E-state index in [0.717, 1.165) is 29.3 Å². The van der Waals surface area contributed by atoms with Crippen molar-refractivity contribution in [3.63, 3.8) is 0 Å². The van der Waals surface area contributed by atoms with E-state index in [1.807, 2.05) is 24.3 Å². The summed E-state index contributed by atoms with van der Waals surface area (Å²) in [5.74, 6) is -0.00263. The molecule has 1 heterocycles. The van der Waals surface area contributed by atoms with Crippen LogP contribution in [0.15, 0.2) is 42.7 Å². The van der Waals surface area contributed by atoms with E-state index >= 15 is 0 Å². The molecule has 5 nitrogen and oxygen atoms in total. The first-order valence-corrected chi connectivity index (χ1v) is 8.78. The van der Waals surface area contributed by atoms with Crippen molar-refractivity contribution in [3.8, 4) is 6.01 Å². The van der Waals surface area contributed by atoms with Gasteiger partial charge in [-0.15, -0.1) is 0 Å². The summed E-state index contributed by atoms with van der Waals surface area (Å²) >= 11 is 2.23. The second kappa shape index (κ2) is 7.72. The first-order chi connectivity index (χ1) is 11.2. The van der Waals surface area contributed by atoms with Gasteiger partial charge in [-0.1, -0.05) is 0 Å². The Balaban J connectivity index is 1.47. The molecule has 1 aromatic heterocycles. The molecule has 1 aromatic carbocycles. The molecule has 1 saturated carbocycles. The lowest BCUT2D eigenvalue weighted by Gasteiger charge is -2.28. The SMILES string of the molecule is O=C(NC1CCC(Oc2ncccn2)CC1)c1ccc(I)cc1. The van der Waals surface area contributed by atoms with Gasteiger partial charge in [0.15, 0.2) is 0 Å². The fraction of sp³-hybridized carbons (Fsp3) is 0.353. The van der Waals surface area contributed by atoms with Crippen molar-refractivity contribution in [2.45, 2.75) is 37.8 Å². The zero-order valence-electron chi connectivity index (χ0n) is 12.6. The number of rotatable bonds is 4. The number of nitrogens with zero attached hydrogens (tertiary/aromatic N) is 2. The molecule has 0 spiro atoms. The largest absolute Gasteiger partial charge is 0.460 e. The number of halogens is 1. The lowest BCUT2D eigenvalue weighted by atomic mass is 9.92. The van der Waals surface area contributed by atoms with E-state index in [0.29, 0.717) is 11.6 Å². The number of hydrogen-bond acceptors (Lipinski definition) is 4. The van der Waals surface area contributed by atoms with Gasteiger partial charge in [-0.2, -0.15) is 0 Å². The van der Waals surface area contributed by atoms with E-state index in [4.69, 9.17) is 4.74 Å². The predicted molar refractivity (Wildman–Crippen MR) is 95.3 cm³/mol. The van der Waals surface area contributed by atoms with Gasteiger partial charge >= 0.3 is 6.01 Å². The third kappa shape index (κ3) is 4.63. The Kier molecular flexibility index (Phi) is 5.43. The number of hydrogen-bond donors (Lipinski definition) is 1. The Morgan fingerprint density at radius 1 is 1.09 bits per heavy atom. The Hall–Kier alpha value is -1.70. The normalized spacial score (nSPS) is 20.7. The van der Waals surface area contributed by atoms with Crippen LogP contribution in [0.1, 0.15) is 36.0 Å². The van der Waals surface area contributed by atoms with Gasteiger partial charge < -0.3 is 10.1 Å². The molecule has 0 saturated heterocycles. The maximum atomic E-state index is 12.2. The van der Waals surface area contributed by atoms with E-state index in [1.165, 1.54) is 0 Å². The monoisotopic (exact) mass is 423 g/mol. The molecule has 3 rings (SSSR count). The van der Waals surface area contributed by atoms with Gasteiger partial charge in [-0.25, -0.2) is 9.97 Å². The molecule has 1 fully saturated rings. The average Bonchev–Trinajstić information content (AvgIpc) is 2.58. The van der Waals surface area contributed by atoms with Crippen LogP contribution in [0.25, 0.3) is 0 Å². The quantitative estimate of drug-likeness (QED) is 0.768. The average molecular weight is 423 g/mol. The molecule has 1 aliphatic carbocycles. The maximum absolute atomic E-state index is 12.2. The van der Waals surface area contributed by atoms with Crippen molar-refractivity contribution >= 4 is 28.5 Å². The number of carbonyl (C=O) groups excluding carboxylic acids is 1. The topological polar surface area (TPSA) is 64.1 Å². The van der Waals surface area contributed by atoms with Crippen LogP contribution < -0.4 is 10.1 Å². The molecule has 2 aromatic rings. The smallest absolute Gasteiger partial charge is 0.316 e. The minimum absolute atomic E-state index is 0.00263. The highest BCUT2D eigenvalue weighted by Crippen LogP contribution is 2.22. The van der Waals surface area contributed by atoms with Gasteiger partial charge in [-0.3, -0.25) is 4.79 Å². The number of amides is 1. The van der Waals surface area contributed by atoms with Crippen LogP contribution in [0.3, 0.4) is 0 Å². The molecule has 0 aliphatic heterocycles. The summed E-state index contributed by atoms with van der Waals surface area (Å²) in [5, 5.41) is 3.11. The molecular formula is C17H18IN3O2. The Labute approximate surface area is 149 Å². The summed E-state index contributed by atoms with van der Waals surface area (Å²) in [5.41, 5.74) is 0.710. The summed E-state index contributed by atoms with van der Waals surface area (Å²) in [6, 6.07) is 10.0. The molecule has 0 radical (unpaired) electrons. The number of aromatic nitrogens is 2. The van der Waals surface area contributed by atoms with Gasteiger partial charge in [-0.05, 0) is 78.6 Å². The van der Waals surface area contributed by atoms with Crippen LogP contribution >= 0.6 is 22.6 Å². The van der Waals surface area contributed by atoms with Crippen molar-refractivity contribution < 1.29 is 9.53 Å². The highest BCUT2D eigenvalue weighted by Gasteiger charge is 2.24. The minimum atomic E-state index is -0.00263. The molecule has 0 bridgehead atoms. The van der Waals surface area contributed by atoms with Gasteiger partial charge in [0, 0.05) is 27.6 Å². The van der Waals surface area contributed by atoms with E-state index < -0.39 is 0 Å². The second-order valence-corrected chi connectivity index (χ2v) is 6.85. The fourth-order valence-electron chi connectivity index (χ4n) is 2.69. The molecule has 0 atom stereocenters. The van der Waals surface area contributed by atoms with E-state index in [1.54, 1.807) is 18.5 Å². The minimum Gasteiger partial charge on any atom is -0.460 e. The van der Waals surface area contributed by atoms with Crippen molar-refractivity contribution in [1.82, 2.24) is 15.3 Å². The number of carbonyl (C=O) groups is 1. The van der Waals surface area contributed by atoms with Crippen LogP contribution in [0.2, 0.25) is 0 Å². The van der Waals surface area contributed by atoms with Crippen molar-refractivity contribution in [2.24, 2.45) is 0 Å². The summed E-state index contributed by atoms with van der Waals surface area (Å²) < 4.78 is 6.90. The van der Waals surface area contributed by atoms with Crippen LogP contribution in [0, 0.1) is 3.57 Å². The van der Waals surface area contributed by atoms with Gasteiger partial charge in [0.05, 0.1) is 0 Å². The standard InChI is InChI=1S/C17H18IN3O2/c18-13-4-2-12(3-5-13)16(22)21-14-6-8-15(9-7-14)23-17-19-10-1-11-20-17/h1-5,10-11,14-15H,6-9H2,(H,21,22). The molecular weight excluding hydrogens is 405 g/mol. The zero-order chi connectivity index (χ0) is 16.1. The molecule has 120 valence electrons. The lowest BCUT2D eigenvalue weighted by molar-refractivity contribution is 0.0885. The van der Waals surface area contributed by atoms with Gasteiger partial charge in [0.1, 0.15) is 6.10 Å². The number of ether oxygens (including phenoxy) is 1. The maximum Gasteiger partial charge on any atom is 0.316 e. The second-order valence-electron chi connectivity index (χ2n) is 5.60. The summed E-state index contributed by atoms with van der Waals surface area (Å²) in [7, 11) is 0. The highest BCUT2D eigenvalue weighted by molar-refractivity contribution is 14.1. The van der Waals surface area contributed by atoms with Crippen LogP contribution in [0.4, 0.5) is 0 Å². The molecule has 0 unspecified atom stereocenters. The summed E-state index contributed by atoms with van der Waals surface area (Å²) in [6.07, 6.45) is 7.10. The molecule has 6 heteroatoms. The van der Waals surface area contributed by atoms with Crippen LogP contribution in [-0.4, -0.2) is 28.0 Å². The molecule has 1 aliphatic rings. The molecule has 1 amide bonds. The van der Waals surface area contributed by atoms with E-state index in [-0.39, 0.29) is 18.1 Å². The predicted octanol–water partition coefficient (Wildman–Crippen LogP) is 3.20. The van der Waals surface area contributed by atoms with Crippen molar-refractivity contribution in [3.05, 3.63) is 51.9 Å². The number of benzene rings is 1. The van der Waals surface area contributed by atoms with E-state index in [2.05, 4.69) is 37.9 Å². The summed E-state index contributed by atoms with van der Waals surface area (Å²) in [4.78, 5) is 20.4. The first kappa shape index (κ1) is 16.2. The molecule has 1 N–H and O–H groups in total. The van der Waals surface area contributed by atoms with Gasteiger partial charge in [0.25, 0.3) is 5.91 Å². The van der Waals surface area contributed by atoms with Crippen molar-refractivity contribution in [1.29, 1.82) is 0 Å². The highest BCUT2D eigenvalue weighted by atomic mass is 127. The Morgan fingerprint density at radius 2 is 1.74 bits per heavy atom. The molecule has 23 heavy (non-hydrogen) atoms. The Morgan fingerprint density at radius 3 is 2.39 bits per heavy atom. The number of nitrogens with one attached hydrogen (secondary N) is 1. The van der Waals surface area contributed by atoms with Crippen LogP contribution in [-0.2, 0) is 0 Å². The first-order valence-electron chi connectivity index (χ1n) is 7.71. The van der Waals surface area contributed by atoms with Gasteiger partial charge in [0.2, 0.25) is 0 Å². The van der Waals surface area contributed by atoms with E-state index in [9.17, 15) is 4.79 Å². The fourth-order valence-corrected chi connectivity index (χ4v) is 3.05. The van der Waals surface area contributed by atoms with Crippen molar-refractivity contribution in [2.75, 3.05) is 0 Å². The lowest BCUT2D eigenvalue weighted by Crippen LogP contribution is -2.39. The third-order valence-corrected chi connectivity index (χ3v) is 4.65. The zero-order valence-corrected chi connectivity index (χ0v) is 14.8. The summed E-state index contributed by atoms with van der Waals surface area (Å²) in [6.45, 7) is 0.